The van der Waals surface area contributed by atoms with Crippen LogP contribution in [0.4, 0.5) is 0 Å². The van der Waals surface area contributed by atoms with Crippen LogP contribution < -0.4 is 20.7 Å². The van der Waals surface area contributed by atoms with E-state index in [9.17, 15) is 19.5 Å². The Hall–Kier alpha value is -2.28. The molecule has 0 aromatic heterocycles. The Kier molecular flexibility index (Phi) is 6.85. The average Bonchev–Trinajstić information content (AvgIpc) is 2.61. The summed E-state index contributed by atoms with van der Waals surface area (Å²) >= 11 is 5.88. The van der Waals surface area contributed by atoms with E-state index in [1.807, 2.05) is 0 Å². The smallest absolute Gasteiger partial charge is 0.279 e. The molecule has 26 heavy (non-hydrogen) atoms. The lowest BCUT2D eigenvalue weighted by Gasteiger charge is -2.31. The summed E-state index contributed by atoms with van der Waals surface area (Å²) in [5.74, 6) is -3.33. The van der Waals surface area contributed by atoms with Gasteiger partial charge in [0, 0.05) is 22.8 Å². The van der Waals surface area contributed by atoms with E-state index in [1.165, 1.54) is 0 Å². The van der Waals surface area contributed by atoms with Gasteiger partial charge in [0.1, 0.15) is 5.75 Å². The normalized spacial score (nSPS) is 20.7. The highest BCUT2D eigenvalue weighted by Gasteiger charge is 2.32. The van der Waals surface area contributed by atoms with Crippen LogP contribution >= 0.6 is 11.6 Å². The lowest BCUT2D eigenvalue weighted by atomic mass is 9.79. The van der Waals surface area contributed by atoms with Gasteiger partial charge in [-0.25, -0.2) is 0 Å². The maximum atomic E-state index is 12.2. The van der Waals surface area contributed by atoms with E-state index in [0.29, 0.717) is 23.6 Å². The van der Waals surface area contributed by atoms with E-state index < -0.39 is 35.7 Å². The molecule has 1 aliphatic carbocycles. The quantitative estimate of drug-likeness (QED) is 0.743. The van der Waals surface area contributed by atoms with Crippen LogP contribution in [0.5, 0.6) is 5.75 Å². The molecule has 2 rings (SSSR count). The Morgan fingerprint density at radius 3 is 2.46 bits per heavy atom. The lowest BCUT2D eigenvalue weighted by molar-refractivity contribution is -0.314. The van der Waals surface area contributed by atoms with Crippen LogP contribution in [0.2, 0.25) is 5.02 Å². The minimum atomic E-state index is -1.23. The number of amides is 2. The molecule has 1 fully saturated rings. The van der Waals surface area contributed by atoms with Gasteiger partial charge in [0.05, 0.1) is 0 Å². The van der Waals surface area contributed by atoms with Gasteiger partial charge in [-0.05, 0) is 50.5 Å². The van der Waals surface area contributed by atoms with Gasteiger partial charge in [-0.2, -0.15) is 0 Å². The first-order valence-electron chi connectivity index (χ1n) is 8.53. The average molecular weight is 382 g/mol. The number of nitrogens with one attached hydrogen (secondary N) is 2. The summed E-state index contributed by atoms with van der Waals surface area (Å²) < 4.78 is 5.57. The predicted octanol–water partition coefficient (Wildman–Crippen LogP) is 1.12. The molecule has 0 saturated heterocycles. The summed E-state index contributed by atoms with van der Waals surface area (Å²) in [7, 11) is 0. The monoisotopic (exact) mass is 381 g/mol. The molecule has 0 spiro atoms. The number of hydrazine groups is 1. The third kappa shape index (κ3) is 5.11. The summed E-state index contributed by atoms with van der Waals surface area (Å²) in [5.41, 5.74) is 5.36. The van der Waals surface area contributed by atoms with Gasteiger partial charge in [0.2, 0.25) is 5.91 Å². The first-order valence-corrected chi connectivity index (χ1v) is 8.90. The fraction of sp³-hybridized carbons (Fsp3) is 0.500. The van der Waals surface area contributed by atoms with Gasteiger partial charge < -0.3 is 14.6 Å². The molecule has 0 radical (unpaired) electrons. The Morgan fingerprint density at radius 2 is 1.85 bits per heavy atom. The molecule has 1 aromatic rings. The Labute approximate surface area is 157 Å². The van der Waals surface area contributed by atoms with Crippen LogP contribution in [0.15, 0.2) is 18.2 Å². The standard InChI is InChI=1S/C18H23ClN2O5/c1-10-9-12(19)7-8-15(10)26-11(2)16(22)20-21-17(23)13-5-3-4-6-14(13)18(24)25/h7-9,11,13-14H,3-6H2,1-2H3,(H,20,22)(H,21,23)(H,24,25)/p-1/t11-,13+,14-/m0/s1. The van der Waals surface area contributed by atoms with Crippen LogP contribution in [-0.2, 0) is 14.4 Å². The van der Waals surface area contributed by atoms with Crippen molar-refractivity contribution in [3.63, 3.8) is 0 Å². The minimum Gasteiger partial charge on any atom is -0.550 e. The van der Waals surface area contributed by atoms with E-state index in [4.69, 9.17) is 16.3 Å². The third-order valence-electron chi connectivity index (χ3n) is 4.52. The molecule has 0 heterocycles. The second kappa shape index (κ2) is 8.89. The summed E-state index contributed by atoms with van der Waals surface area (Å²) in [6.45, 7) is 3.34. The zero-order chi connectivity index (χ0) is 19.3. The number of hydrogen-bond acceptors (Lipinski definition) is 5. The van der Waals surface area contributed by atoms with E-state index >= 15 is 0 Å². The number of carbonyl (C=O) groups is 3. The number of aryl methyl sites for hydroxylation is 1. The Bertz CT molecular complexity index is 694. The second-order valence-electron chi connectivity index (χ2n) is 6.46. The largest absolute Gasteiger partial charge is 0.550 e. The Balaban J connectivity index is 1.88. The number of ether oxygens (including phenoxy) is 1. The fourth-order valence-corrected chi connectivity index (χ4v) is 3.26. The molecule has 1 aliphatic rings. The SMILES string of the molecule is Cc1cc(Cl)ccc1O[C@@H](C)C(=O)NNC(=O)[C@@H]1CCCC[C@@H]1C(=O)[O-]. The van der Waals surface area contributed by atoms with Gasteiger partial charge in [0.25, 0.3) is 5.91 Å². The van der Waals surface area contributed by atoms with Crippen LogP contribution in [0.1, 0.15) is 38.2 Å². The zero-order valence-electron chi connectivity index (χ0n) is 14.7. The van der Waals surface area contributed by atoms with Crippen LogP contribution in [0.25, 0.3) is 0 Å². The lowest BCUT2D eigenvalue weighted by Crippen LogP contribution is -2.52. The molecule has 0 unspecified atom stereocenters. The van der Waals surface area contributed by atoms with Crippen molar-refractivity contribution < 1.29 is 24.2 Å². The number of benzene rings is 1. The third-order valence-corrected chi connectivity index (χ3v) is 4.76. The topological polar surface area (TPSA) is 108 Å². The van der Waals surface area contributed by atoms with Crippen molar-refractivity contribution in [2.75, 3.05) is 0 Å². The van der Waals surface area contributed by atoms with E-state index in [1.54, 1.807) is 32.0 Å². The number of carbonyl (C=O) groups excluding carboxylic acids is 3. The number of hydrogen-bond donors (Lipinski definition) is 2. The van der Waals surface area contributed by atoms with Crippen molar-refractivity contribution >= 4 is 29.4 Å². The number of aliphatic carboxylic acids is 1. The molecule has 3 atom stereocenters. The molecular formula is C18H22ClN2O5-. The predicted molar refractivity (Wildman–Crippen MR) is 93.0 cm³/mol. The van der Waals surface area contributed by atoms with Crippen molar-refractivity contribution in [3.05, 3.63) is 28.8 Å². The second-order valence-corrected chi connectivity index (χ2v) is 6.90. The molecule has 1 saturated carbocycles. The van der Waals surface area contributed by atoms with Crippen molar-refractivity contribution in [3.8, 4) is 5.75 Å². The maximum absolute atomic E-state index is 12.2. The highest BCUT2D eigenvalue weighted by molar-refractivity contribution is 6.30. The number of halogens is 1. The van der Waals surface area contributed by atoms with E-state index in [-0.39, 0.29) is 0 Å². The van der Waals surface area contributed by atoms with E-state index in [2.05, 4.69) is 10.9 Å². The molecule has 0 aliphatic heterocycles. The summed E-state index contributed by atoms with van der Waals surface area (Å²) in [4.78, 5) is 35.5. The molecule has 8 heteroatoms. The molecule has 0 bridgehead atoms. The first-order chi connectivity index (χ1) is 12.3. The molecule has 7 nitrogen and oxygen atoms in total. The van der Waals surface area contributed by atoms with Crippen LogP contribution in [0.3, 0.4) is 0 Å². The zero-order valence-corrected chi connectivity index (χ0v) is 15.5. The molecule has 2 N–H and O–H groups in total. The summed E-state index contributed by atoms with van der Waals surface area (Å²) in [6.07, 6.45) is 1.52. The maximum Gasteiger partial charge on any atom is 0.279 e. The summed E-state index contributed by atoms with van der Waals surface area (Å²) in [6, 6.07) is 5.03. The minimum absolute atomic E-state index is 0.406. The van der Waals surface area contributed by atoms with Gasteiger partial charge in [-0.1, -0.05) is 24.4 Å². The van der Waals surface area contributed by atoms with Crippen LogP contribution in [-0.4, -0.2) is 23.9 Å². The van der Waals surface area contributed by atoms with Crippen molar-refractivity contribution in [2.24, 2.45) is 11.8 Å². The summed E-state index contributed by atoms with van der Waals surface area (Å²) in [5, 5.41) is 11.7. The first kappa shape index (κ1) is 20.0. The van der Waals surface area contributed by atoms with Crippen LogP contribution in [0, 0.1) is 18.8 Å². The van der Waals surface area contributed by atoms with Crippen molar-refractivity contribution in [1.29, 1.82) is 0 Å². The van der Waals surface area contributed by atoms with Gasteiger partial charge >= 0.3 is 0 Å². The van der Waals surface area contributed by atoms with Gasteiger partial charge in [-0.15, -0.1) is 0 Å². The molecule has 2 amide bonds. The fourth-order valence-electron chi connectivity index (χ4n) is 3.03. The van der Waals surface area contributed by atoms with Gasteiger partial charge in [-0.3, -0.25) is 20.4 Å². The molecule has 142 valence electrons. The highest BCUT2D eigenvalue weighted by atomic mass is 35.5. The highest BCUT2D eigenvalue weighted by Crippen LogP contribution is 2.29. The number of rotatable bonds is 5. The molecule has 1 aromatic carbocycles. The number of carboxylic acids is 1. The van der Waals surface area contributed by atoms with E-state index in [0.717, 1.165) is 18.4 Å². The van der Waals surface area contributed by atoms with Gasteiger partial charge in [0.15, 0.2) is 6.10 Å². The van der Waals surface area contributed by atoms with Crippen molar-refractivity contribution in [1.82, 2.24) is 10.9 Å². The van der Waals surface area contributed by atoms with Crippen molar-refractivity contribution in [2.45, 2.75) is 45.6 Å². The molecular weight excluding hydrogens is 360 g/mol. The Morgan fingerprint density at radius 1 is 1.19 bits per heavy atom. The number of carboxylic acid groups (broad SMARTS) is 1.